The Hall–Kier alpha value is -2.00. The molecule has 0 bridgehead atoms. The molecule has 1 saturated heterocycles. The number of hydrogen-bond donors (Lipinski definition) is 2. The molecule has 1 fully saturated rings. The van der Waals surface area contributed by atoms with E-state index in [-0.39, 0.29) is 24.0 Å². The van der Waals surface area contributed by atoms with Crippen molar-refractivity contribution in [3.05, 3.63) is 60.2 Å². The minimum absolute atomic E-state index is 0. The summed E-state index contributed by atoms with van der Waals surface area (Å²) in [5, 5.41) is 6.77. The topological polar surface area (TPSA) is 52.1 Å². The van der Waals surface area contributed by atoms with Crippen molar-refractivity contribution < 1.29 is 4.74 Å². The van der Waals surface area contributed by atoms with Crippen LogP contribution >= 0.6 is 24.0 Å². The van der Waals surface area contributed by atoms with E-state index in [9.17, 15) is 0 Å². The van der Waals surface area contributed by atoms with Crippen LogP contribution in [0.15, 0.2) is 59.6 Å². The van der Waals surface area contributed by atoms with Crippen LogP contribution in [0.3, 0.4) is 0 Å². The summed E-state index contributed by atoms with van der Waals surface area (Å²) in [6.45, 7) is 7.14. The van der Waals surface area contributed by atoms with E-state index in [1.807, 2.05) is 18.2 Å². The van der Waals surface area contributed by atoms with Gasteiger partial charge in [-0.15, -0.1) is 24.0 Å². The third-order valence-electron chi connectivity index (χ3n) is 5.30. The Kier molecular flexibility index (Phi) is 10.8. The van der Waals surface area contributed by atoms with Gasteiger partial charge in [0.2, 0.25) is 0 Å². The molecule has 0 spiro atoms. The van der Waals surface area contributed by atoms with Gasteiger partial charge < -0.3 is 20.3 Å². The minimum atomic E-state index is 0. The van der Waals surface area contributed by atoms with Crippen molar-refractivity contribution in [1.82, 2.24) is 15.5 Å². The normalized spacial score (nSPS) is 14.7. The van der Waals surface area contributed by atoms with Gasteiger partial charge in [0.15, 0.2) is 5.96 Å². The molecule has 2 N–H and O–H groups in total. The third-order valence-corrected chi connectivity index (χ3v) is 5.30. The average Bonchev–Trinajstić information content (AvgIpc) is 2.80. The predicted molar refractivity (Wildman–Crippen MR) is 136 cm³/mol. The van der Waals surface area contributed by atoms with Gasteiger partial charge in [0, 0.05) is 57.6 Å². The van der Waals surface area contributed by atoms with Crippen LogP contribution in [0.4, 0.5) is 5.69 Å². The Morgan fingerprint density at radius 3 is 2.37 bits per heavy atom. The Labute approximate surface area is 197 Å². The molecule has 0 saturated carbocycles. The second-order valence-corrected chi connectivity index (χ2v) is 7.18. The Morgan fingerprint density at radius 2 is 1.67 bits per heavy atom. The minimum Gasteiger partial charge on any atom is -0.496 e. The van der Waals surface area contributed by atoms with Crippen molar-refractivity contribution in [2.45, 2.75) is 13.0 Å². The van der Waals surface area contributed by atoms with Crippen LogP contribution in [0.1, 0.15) is 12.0 Å². The second kappa shape index (κ2) is 13.3. The molecule has 2 aromatic carbocycles. The highest BCUT2D eigenvalue weighted by Gasteiger charge is 2.16. The number of guanidine groups is 1. The maximum absolute atomic E-state index is 5.40. The maximum Gasteiger partial charge on any atom is 0.191 e. The molecule has 3 rings (SSSR count). The quantitative estimate of drug-likeness (QED) is 0.241. The number of anilines is 1. The fourth-order valence-corrected chi connectivity index (χ4v) is 3.63. The molecule has 7 heteroatoms. The molecule has 2 aromatic rings. The van der Waals surface area contributed by atoms with Crippen molar-refractivity contribution >= 4 is 35.6 Å². The van der Waals surface area contributed by atoms with Crippen LogP contribution in [-0.2, 0) is 6.54 Å². The van der Waals surface area contributed by atoms with E-state index in [1.165, 1.54) is 5.69 Å². The Morgan fingerprint density at radius 1 is 0.967 bits per heavy atom. The number of hydrogen-bond acceptors (Lipinski definition) is 4. The summed E-state index contributed by atoms with van der Waals surface area (Å²) in [5.74, 6) is 1.72. The highest BCUT2D eigenvalue weighted by Crippen LogP contribution is 2.17. The van der Waals surface area contributed by atoms with E-state index in [4.69, 9.17) is 4.74 Å². The van der Waals surface area contributed by atoms with Gasteiger partial charge >= 0.3 is 0 Å². The van der Waals surface area contributed by atoms with Crippen LogP contribution in [0, 0.1) is 0 Å². The van der Waals surface area contributed by atoms with Gasteiger partial charge in [0.25, 0.3) is 0 Å². The molecule has 1 heterocycles. The number of methoxy groups -OCH3 is 1. The first-order valence-corrected chi connectivity index (χ1v) is 10.4. The van der Waals surface area contributed by atoms with E-state index < -0.39 is 0 Å². The number of benzene rings is 2. The molecule has 0 amide bonds. The highest BCUT2D eigenvalue weighted by molar-refractivity contribution is 14.0. The molecule has 0 aliphatic carbocycles. The predicted octanol–water partition coefficient (Wildman–Crippen LogP) is 3.19. The van der Waals surface area contributed by atoms with E-state index >= 15 is 0 Å². The van der Waals surface area contributed by atoms with Crippen molar-refractivity contribution in [3.8, 4) is 5.75 Å². The summed E-state index contributed by atoms with van der Waals surface area (Å²) in [4.78, 5) is 9.34. The first-order valence-electron chi connectivity index (χ1n) is 10.4. The van der Waals surface area contributed by atoms with Crippen molar-refractivity contribution in [2.24, 2.45) is 4.99 Å². The number of nitrogens with zero attached hydrogens (tertiary/aromatic N) is 3. The van der Waals surface area contributed by atoms with E-state index in [1.54, 1.807) is 14.2 Å². The molecule has 0 aromatic heterocycles. The molecule has 0 unspecified atom stereocenters. The van der Waals surface area contributed by atoms with E-state index in [0.717, 1.165) is 63.0 Å². The molecular weight excluding hydrogens is 489 g/mol. The summed E-state index contributed by atoms with van der Waals surface area (Å²) >= 11 is 0. The molecule has 1 aliphatic heterocycles. The molecule has 6 nitrogen and oxygen atoms in total. The zero-order valence-corrected chi connectivity index (χ0v) is 20.3. The Bertz CT molecular complexity index is 763. The lowest BCUT2D eigenvalue weighted by Crippen LogP contribution is -2.47. The lowest BCUT2D eigenvalue weighted by atomic mass is 10.2. The number of ether oxygens (including phenoxy) is 1. The zero-order valence-electron chi connectivity index (χ0n) is 18.0. The molecule has 0 radical (unpaired) electrons. The van der Waals surface area contributed by atoms with Gasteiger partial charge in [-0.25, -0.2) is 0 Å². The number of nitrogens with one attached hydrogen (secondary N) is 2. The van der Waals surface area contributed by atoms with Gasteiger partial charge in [0.05, 0.1) is 7.11 Å². The SMILES string of the molecule is CN=C(NCCCN1CCN(c2ccccc2)CC1)NCc1ccccc1OC.I. The highest BCUT2D eigenvalue weighted by atomic mass is 127. The average molecular weight is 523 g/mol. The number of para-hydroxylation sites is 2. The summed E-state index contributed by atoms with van der Waals surface area (Å²) in [5.41, 5.74) is 2.45. The van der Waals surface area contributed by atoms with Crippen LogP contribution in [0.2, 0.25) is 0 Å². The number of rotatable bonds is 8. The first-order chi connectivity index (χ1) is 14.3. The summed E-state index contributed by atoms with van der Waals surface area (Å²) < 4.78 is 5.40. The standard InChI is InChI=1S/C23H33N5O.HI/c1-24-23(26-19-20-9-6-7-12-22(20)29-2)25-13-8-14-27-15-17-28(18-16-27)21-10-4-3-5-11-21;/h3-7,9-12H,8,13-19H2,1-2H3,(H2,24,25,26);1H. The Balaban J connectivity index is 0.00000320. The smallest absolute Gasteiger partial charge is 0.191 e. The van der Waals surface area contributed by atoms with Gasteiger partial charge in [-0.1, -0.05) is 36.4 Å². The first kappa shape index (κ1) is 24.3. The van der Waals surface area contributed by atoms with Gasteiger partial charge in [-0.2, -0.15) is 0 Å². The van der Waals surface area contributed by atoms with Crippen LogP contribution in [-0.4, -0.2) is 64.3 Å². The number of halogens is 1. The van der Waals surface area contributed by atoms with Crippen molar-refractivity contribution in [1.29, 1.82) is 0 Å². The number of piperazine rings is 1. The lowest BCUT2D eigenvalue weighted by Gasteiger charge is -2.36. The van der Waals surface area contributed by atoms with Gasteiger partial charge in [-0.05, 0) is 31.2 Å². The lowest BCUT2D eigenvalue weighted by molar-refractivity contribution is 0.255. The van der Waals surface area contributed by atoms with Crippen LogP contribution in [0.25, 0.3) is 0 Å². The largest absolute Gasteiger partial charge is 0.496 e. The molecule has 1 aliphatic rings. The van der Waals surface area contributed by atoms with Crippen LogP contribution < -0.4 is 20.3 Å². The van der Waals surface area contributed by atoms with E-state index in [2.05, 4.69) is 61.8 Å². The van der Waals surface area contributed by atoms with Crippen molar-refractivity contribution in [3.63, 3.8) is 0 Å². The summed E-state index contributed by atoms with van der Waals surface area (Å²) in [6.07, 6.45) is 1.10. The third kappa shape index (κ3) is 7.36. The number of aliphatic imine (C=N–C) groups is 1. The molecule has 0 atom stereocenters. The molecule has 30 heavy (non-hydrogen) atoms. The maximum atomic E-state index is 5.40. The van der Waals surface area contributed by atoms with Gasteiger partial charge in [-0.3, -0.25) is 9.89 Å². The van der Waals surface area contributed by atoms with E-state index in [0.29, 0.717) is 6.54 Å². The monoisotopic (exact) mass is 523 g/mol. The fourth-order valence-electron chi connectivity index (χ4n) is 3.63. The summed E-state index contributed by atoms with van der Waals surface area (Å²) in [6, 6.07) is 18.7. The zero-order chi connectivity index (χ0) is 20.3. The fraction of sp³-hybridized carbons (Fsp3) is 0.435. The van der Waals surface area contributed by atoms with Gasteiger partial charge in [0.1, 0.15) is 5.75 Å². The molecule has 164 valence electrons. The van der Waals surface area contributed by atoms with Crippen molar-refractivity contribution in [2.75, 3.05) is 58.3 Å². The summed E-state index contributed by atoms with van der Waals surface area (Å²) in [7, 11) is 3.51. The van der Waals surface area contributed by atoms with Crippen LogP contribution in [0.5, 0.6) is 5.75 Å². The second-order valence-electron chi connectivity index (χ2n) is 7.18. The molecular formula is C23H34IN5O.